The van der Waals surface area contributed by atoms with Crippen LogP contribution in [-0.4, -0.2) is 31.6 Å². The number of imide groups is 1. The van der Waals surface area contributed by atoms with Crippen LogP contribution in [0.15, 0.2) is 54.6 Å². The van der Waals surface area contributed by atoms with Crippen LogP contribution in [-0.2, 0) is 14.3 Å². The van der Waals surface area contributed by atoms with Crippen LogP contribution in [0.5, 0.6) is 5.75 Å². The van der Waals surface area contributed by atoms with Crippen molar-refractivity contribution >= 4 is 17.9 Å². The summed E-state index contributed by atoms with van der Waals surface area (Å²) in [7, 11) is 1.38. The molecule has 7 heteroatoms. The first-order valence-electron chi connectivity index (χ1n) is 8.90. The Kier molecular flexibility index (Phi) is 7.56. The highest BCUT2D eigenvalue weighted by Crippen LogP contribution is 2.20. The van der Waals surface area contributed by atoms with Crippen LogP contribution in [0.4, 0.5) is 4.79 Å². The lowest BCUT2D eigenvalue weighted by Crippen LogP contribution is -2.41. The molecule has 0 aliphatic rings. The van der Waals surface area contributed by atoms with E-state index in [9.17, 15) is 14.4 Å². The molecule has 1 atom stereocenters. The van der Waals surface area contributed by atoms with E-state index in [4.69, 9.17) is 9.47 Å². The number of nitrogens with one attached hydrogen (secondary N) is 2. The third-order valence-electron chi connectivity index (χ3n) is 3.96. The minimum Gasteiger partial charge on any atom is -0.482 e. The number of rotatable bonds is 7. The number of benzene rings is 2. The average molecular weight is 384 g/mol. The predicted molar refractivity (Wildman–Crippen MR) is 104 cm³/mol. The van der Waals surface area contributed by atoms with Gasteiger partial charge in [0, 0.05) is 12.6 Å². The molecular weight excluding hydrogens is 360 g/mol. The molecular formula is C21H24N2O5. The van der Waals surface area contributed by atoms with Crippen molar-refractivity contribution in [1.82, 2.24) is 10.6 Å². The van der Waals surface area contributed by atoms with Gasteiger partial charge in [-0.25, -0.2) is 9.59 Å². The van der Waals surface area contributed by atoms with Gasteiger partial charge in [0.15, 0.2) is 6.61 Å². The molecule has 0 radical (unpaired) electrons. The van der Waals surface area contributed by atoms with Gasteiger partial charge in [0.25, 0.3) is 5.91 Å². The molecule has 2 rings (SSSR count). The second kappa shape index (κ2) is 10.1. The van der Waals surface area contributed by atoms with Crippen LogP contribution in [0.25, 0.3) is 0 Å². The number of hydrogen-bond donors (Lipinski definition) is 2. The molecule has 0 aliphatic heterocycles. The van der Waals surface area contributed by atoms with Gasteiger partial charge < -0.3 is 14.8 Å². The Morgan fingerprint density at radius 1 is 0.929 bits per heavy atom. The Labute approximate surface area is 164 Å². The van der Waals surface area contributed by atoms with Gasteiger partial charge in [0.05, 0.1) is 0 Å². The maximum atomic E-state index is 12.3. The van der Waals surface area contributed by atoms with E-state index in [1.165, 1.54) is 7.05 Å². The van der Waals surface area contributed by atoms with Crippen molar-refractivity contribution in [3.8, 4) is 5.75 Å². The molecule has 0 aliphatic carbocycles. The minimum atomic E-state index is -1.27. The highest BCUT2D eigenvalue weighted by Gasteiger charge is 2.26. The number of ether oxygens (including phenoxy) is 2. The molecule has 7 nitrogen and oxygen atoms in total. The summed E-state index contributed by atoms with van der Waals surface area (Å²) in [5, 5.41) is 4.40. The molecule has 0 saturated heterocycles. The lowest BCUT2D eigenvalue weighted by molar-refractivity contribution is -0.158. The first-order chi connectivity index (χ1) is 13.4. The molecule has 0 fully saturated rings. The van der Waals surface area contributed by atoms with Crippen molar-refractivity contribution < 1.29 is 23.9 Å². The molecule has 28 heavy (non-hydrogen) atoms. The number of urea groups is 1. The van der Waals surface area contributed by atoms with Crippen LogP contribution in [0, 0.1) is 0 Å². The Bertz CT molecular complexity index is 803. The fraction of sp³-hybridized carbons (Fsp3) is 0.286. The second-order valence-corrected chi connectivity index (χ2v) is 6.36. The van der Waals surface area contributed by atoms with Gasteiger partial charge >= 0.3 is 12.0 Å². The lowest BCUT2D eigenvalue weighted by Gasteiger charge is -2.17. The Balaban J connectivity index is 2.01. The number of hydrogen-bond acceptors (Lipinski definition) is 5. The summed E-state index contributed by atoms with van der Waals surface area (Å²) in [5.41, 5.74) is 1.60. The summed E-state index contributed by atoms with van der Waals surface area (Å²) in [6.07, 6.45) is -1.27. The van der Waals surface area contributed by atoms with E-state index in [0.717, 1.165) is 5.56 Å². The van der Waals surface area contributed by atoms with Gasteiger partial charge in [0.2, 0.25) is 6.10 Å². The molecule has 0 aromatic heterocycles. The quantitative estimate of drug-likeness (QED) is 0.716. The van der Waals surface area contributed by atoms with Crippen molar-refractivity contribution in [2.45, 2.75) is 25.9 Å². The van der Waals surface area contributed by atoms with Gasteiger partial charge in [-0.2, -0.15) is 0 Å². The summed E-state index contributed by atoms with van der Waals surface area (Å²) >= 11 is 0. The molecule has 3 amide bonds. The van der Waals surface area contributed by atoms with E-state index in [-0.39, 0.29) is 6.61 Å². The second-order valence-electron chi connectivity index (χ2n) is 6.36. The van der Waals surface area contributed by atoms with Crippen molar-refractivity contribution in [3.63, 3.8) is 0 Å². The summed E-state index contributed by atoms with van der Waals surface area (Å²) in [6, 6.07) is 15.1. The molecule has 2 N–H and O–H groups in total. The van der Waals surface area contributed by atoms with E-state index in [0.29, 0.717) is 17.2 Å². The Morgan fingerprint density at radius 3 is 2.14 bits per heavy atom. The monoisotopic (exact) mass is 384 g/mol. The Morgan fingerprint density at radius 2 is 1.57 bits per heavy atom. The van der Waals surface area contributed by atoms with Gasteiger partial charge in [-0.1, -0.05) is 56.3 Å². The summed E-state index contributed by atoms with van der Waals surface area (Å²) in [5.74, 6) is -0.564. The summed E-state index contributed by atoms with van der Waals surface area (Å²) in [4.78, 5) is 36.0. The van der Waals surface area contributed by atoms with Crippen LogP contribution in [0.1, 0.15) is 37.0 Å². The van der Waals surface area contributed by atoms with Crippen molar-refractivity contribution in [3.05, 3.63) is 65.7 Å². The van der Waals surface area contributed by atoms with Crippen LogP contribution >= 0.6 is 0 Å². The lowest BCUT2D eigenvalue weighted by atomic mass is 10.0. The summed E-state index contributed by atoms with van der Waals surface area (Å²) in [6.45, 7) is 3.80. The first kappa shape index (κ1) is 21.0. The number of esters is 1. The standard InChI is InChI=1S/C21H24N2O5/c1-14(2)15-9-11-17(12-10-15)27-13-18(24)28-19(16-7-5-4-6-8-16)20(25)23-21(26)22-3/h4-12,14,19H,13H2,1-3H3,(H2,22,23,25,26)/t19-/m0/s1. The Hall–Kier alpha value is -3.35. The normalized spacial score (nSPS) is 11.4. The van der Waals surface area contributed by atoms with Gasteiger partial charge in [0.1, 0.15) is 5.75 Å². The number of carbonyl (C=O) groups is 3. The largest absolute Gasteiger partial charge is 0.482 e. The van der Waals surface area contributed by atoms with Gasteiger partial charge in [-0.3, -0.25) is 10.1 Å². The minimum absolute atomic E-state index is 0.363. The maximum absolute atomic E-state index is 12.3. The van der Waals surface area contributed by atoms with E-state index in [1.54, 1.807) is 42.5 Å². The van der Waals surface area contributed by atoms with Crippen molar-refractivity contribution in [1.29, 1.82) is 0 Å². The van der Waals surface area contributed by atoms with E-state index >= 15 is 0 Å². The molecule has 0 bridgehead atoms. The summed E-state index contributed by atoms with van der Waals surface area (Å²) < 4.78 is 10.7. The van der Waals surface area contributed by atoms with E-state index in [1.807, 2.05) is 12.1 Å². The fourth-order valence-electron chi connectivity index (χ4n) is 2.40. The number of carbonyl (C=O) groups excluding carboxylic acids is 3. The third-order valence-corrected chi connectivity index (χ3v) is 3.96. The molecule has 0 spiro atoms. The van der Waals surface area contributed by atoms with Crippen LogP contribution in [0.3, 0.4) is 0 Å². The highest BCUT2D eigenvalue weighted by atomic mass is 16.6. The number of amides is 3. The molecule has 0 unspecified atom stereocenters. The average Bonchev–Trinajstić information content (AvgIpc) is 2.71. The zero-order valence-electron chi connectivity index (χ0n) is 16.1. The van der Waals surface area contributed by atoms with Gasteiger partial charge in [-0.15, -0.1) is 0 Å². The van der Waals surface area contributed by atoms with E-state index < -0.39 is 24.0 Å². The first-order valence-corrected chi connectivity index (χ1v) is 8.90. The highest BCUT2D eigenvalue weighted by molar-refractivity contribution is 5.97. The van der Waals surface area contributed by atoms with Crippen molar-refractivity contribution in [2.24, 2.45) is 0 Å². The molecule has 148 valence electrons. The van der Waals surface area contributed by atoms with Crippen LogP contribution in [0.2, 0.25) is 0 Å². The topological polar surface area (TPSA) is 93.7 Å². The predicted octanol–water partition coefficient (Wildman–Crippen LogP) is 2.93. The van der Waals surface area contributed by atoms with Crippen molar-refractivity contribution in [2.75, 3.05) is 13.7 Å². The molecule has 0 heterocycles. The fourth-order valence-corrected chi connectivity index (χ4v) is 2.40. The molecule has 0 saturated carbocycles. The third kappa shape index (κ3) is 6.12. The molecule has 2 aromatic carbocycles. The zero-order valence-corrected chi connectivity index (χ0v) is 16.1. The van der Waals surface area contributed by atoms with E-state index in [2.05, 4.69) is 24.5 Å². The smallest absolute Gasteiger partial charge is 0.345 e. The zero-order chi connectivity index (χ0) is 20.5. The maximum Gasteiger partial charge on any atom is 0.345 e. The SMILES string of the molecule is CNC(=O)NC(=O)[C@@H](OC(=O)COc1ccc(C(C)C)cc1)c1ccccc1. The van der Waals surface area contributed by atoms with Gasteiger partial charge in [-0.05, 0) is 23.6 Å². The molecule has 2 aromatic rings. The van der Waals surface area contributed by atoms with Crippen LogP contribution < -0.4 is 15.4 Å².